The topological polar surface area (TPSA) is 0 Å². The van der Waals surface area contributed by atoms with Gasteiger partial charge in [0.1, 0.15) is 12.3 Å². The van der Waals surface area contributed by atoms with Crippen molar-refractivity contribution < 1.29 is 8.78 Å². The molecule has 3 saturated carbocycles. The van der Waals surface area contributed by atoms with Crippen molar-refractivity contribution in [3.05, 3.63) is 0 Å². The molecule has 0 N–H and O–H groups in total. The van der Waals surface area contributed by atoms with E-state index in [0.29, 0.717) is 24.7 Å². The Bertz CT molecular complexity index is 265. The van der Waals surface area contributed by atoms with Gasteiger partial charge in [-0.05, 0) is 68.1 Å². The van der Waals surface area contributed by atoms with Crippen LogP contribution >= 0.6 is 0 Å². The number of alkyl halides is 2. The minimum Gasteiger partial charge on any atom is -0.244 e. The molecule has 0 nitrogen and oxygen atoms in total. The lowest BCUT2D eigenvalue weighted by Crippen LogP contribution is -2.31. The molecule has 0 radical (unpaired) electrons. The quantitative estimate of drug-likeness (QED) is 0.624. The Morgan fingerprint density at radius 3 is 1.56 bits per heavy atom. The summed E-state index contributed by atoms with van der Waals surface area (Å²) in [7, 11) is 0. The van der Waals surface area contributed by atoms with Gasteiger partial charge in [-0.3, -0.25) is 0 Å². The second-order valence-electron chi connectivity index (χ2n) is 7.27. The average Bonchev–Trinajstić information content (AvgIpc) is 2.73. The van der Waals surface area contributed by atoms with E-state index in [1.165, 1.54) is 38.5 Å². The van der Waals surface area contributed by atoms with E-state index < -0.39 is 12.3 Å². The first-order valence-electron chi connectivity index (χ1n) is 7.91. The van der Waals surface area contributed by atoms with Crippen molar-refractivity contribution >= 4 is 0 Å². The minimum atomic E-state index is -1.17. The minimum absolute atomic E-state index is 0.497. The van der Waals surface area contributed by atoms with Gasteiger partial charge in [0, 0.05) is 0 Å². The molecular weight excluding hydrogens is 230 g/mol. The molecule has 3 rings (SSSR count). The highest BCUT2D eigenvalue weighted by atomic mass is 19.2. The summed E-state index contributed by atoms with van der Waals surface area (Å²) in [5.74, 6) is 3.54. The standard InChI is InChI=1S/C16H26F2/c1-10-2-4-11(5-3-10)12-6-13-8-15(17)16(18)9-14(13)7-12/h10-16H,2-9H2,1H3. The normalized spacial score (nSPS) is 53.2. The third kappa shape index (κ3) is 2.44. The molecule has 0 spiro atoms. The second-order valence-corrected chi connectivity index (χ2v) is 7.27. The first kappa shape index (κ1) is 12.9. The fourth-order valence-electron chi connectivity index (χ4n) is 4.85. The van der Waals surface area contributed by atoms with Crippen LogP contribution in [0, 0.1) is 29.6 Å². The molecule has 0 aromatic rings. The molecule has 4 atom stereocenters. The van der Waals surface area contributed by atoms with Crippen molar-refractivity contribution in [2.75, 3.05) is 0 Å². The number of hydrogen-bond donors (Lipinski definition) is 0. The van der Waals surface area contributed by atoms with Crippen LogP contribution in [0.5, 0.6) is 0 Å². The first-order chi connectivity index (χ1) is 8.63. The van der Waals surface area contributed by atoms with E-state index in [1.54, 1.807) is 0 Å². The van der Waals surface area contributed by atoms with E-state index >= 15 is 0 Å². The highest BCUT2D eigenvalue weighted by Crippen LogP contribution is 2.51. The number of rotatable bonds is 1. The Hall–Kier alpha value is -0.140. The maximum absolute atomic E-state index is 13.5. The molecule has 0 aromatic heterocycles. The van der Waals surface area contributed by atoms with E-state index in [1.807, 2.05) is 0 Å². The lowest BCUT2D eigenvalue weighted by atomic mass is 9.75. The van der Waals surface area contributed by atoms with Crippen LogP contribution in [0.1, 0.15) is 58.3 Å². The molecule has 0 saturated heterocycles. The third-order valence-corrected chi connectivity index (χ3v) is 6.05. The molecular formula is C16H26F2. The zero-order valence-electron chi connectivity index (χ0n) is 11.5. The Balaban J connectivity index is 1.58. The van der Waals surface area contributed by atoms with Gasteiger partial charge in [-0.1, -0.05) is 19.8 Å². The Morgan fingerprint density at radius 1 is 0.611 bits per heavy atom. The lowest BCUT2D eigenvalue weighted by molar-refractivity contribution is 0.0628. The highest BCUT2D eigenvalue weighted by Gasteiger charge is 2.45. The molecule has 2 heteroatoms. The number of fused-ring (bicyclic) bond motifs is 1. The zero-order chi connectivity index (χ0) is 12.7. The summed E-state index contributed by atoms with van der Waals surface area (Å²) < 4.78 is 26.9. The summed E-state index contributed by atoms with van der Waals surface area (Å²) in [4.78, 5) is 0. The van der Waals surface area contributed by atoms with Crippen LogP contribution in [0.2, 0.25) is 0 Å². The zero-order valence-corrected chi connectivity index (χ0v) is 11.5. The first-order valence-corrected chi connectivity index (χ1v) is 7.91. The summed E-state index contributed by atoms with van der Waals surface area (Å²) in [6, 6.07) is 0. The predicted octanol–water partition coefficient (Wildman–Crippen LogP) is 4.93. The van der Waals surface area contributed by atoms with E-state index in [4.69, 9.17) is 0 Å². The van der Waals surface area contributed by atoms with Gasteiger partial charge >= 0.3 is 0 Å². The Kier molecular flexibility index (Phi) is 3.64. The molecule has 0 heterocycles. The fraction of sp³-hybridized carbons (Fsp3) is 1.00. The van der Waals surface area contributed by atoms with Crippen LogP contribution in [0.4, 0.5) is 8.78 Å². The van der Waals surface area contributed by atoms with E-state index in [2.05, 4.69) is 6.92 Å². The van der Waals surface area contributed by atoms with Crippen LogP contribution in [-0.4, -0.2) is 12.3 Å². The molecule has 3 aliphatic carbocycles. The summed E-state index contributed by atoms with van der Waals surface area (Å²) in [6.45, 7) is 2.35. The molecule has 0 aliphatic heterocycles. The fourth-order valence-corrected chi connectivity index (χ4v) is 4.85. The Morgan fingerprint density at radius 2 is 1.06 bits per heavy atom. The summed E-state index contributed by atoms with van der Waals surface area (Å²) in [5, 5.41) is 0. The SMILES string of the molecule is CC1CCC(C2CC3CC(F)C(F)CC3C2)CC1. The summed E-state index contributed by atoms with van der Waals surface area (Å²) >= 11 is 0. The van der Waals surface area contributed by atoms with Gasteiger partial charge in [-0.2, -0.15) is 0 Å². The number of halogens is 2. The Labute approximate surface area is 110 Å². The van der Waals surface area contributed by atoms with Crippen LogP contribution in [0.3, 0.4) is 0 Å². The average molecular weight is 256 g/mol. The van der Waals surface area contributed by atoms with Crippen molar-refractivity contribution in [2.24, 2.45) is 29.6 Å². The van der Waals surface area contributed by atoms with Crippen LogP contribution in [-0.2, 0) is 0 Å². The molecule has 104 valence electrons. The molecule has 3 fully saturated rings. The van der Waals surface area contributed by atoms with Crippen molar-refractivity contribution in [3.63, 3.8) is 0 Å². The number of hydrogen-bond acceptors (Lipinski definition) is 0. The third-order valence-electron chi connectivity index (χ3n) is 6.05. The van der Waals surface area contributed by atoms with Crippen LogP contribution in [0.15, 0.2) is 0 Å². The molecule has 0 amide bonds. The summed E-state index contributed by atoms with van der Waals surface area (Å²) in [6.07, 6.45) is 6.52. The monoisotopic (exact) mass is 256 g/mol. The maximum atomic E-state index is 13.5. The molecule has 18 heavy (non-hydrogen) atoms. The van der Waals surface area contributed by atoms with Crippen molar-refractivity contribution in [3.8, 4) is 0 Å². The van der Waals surface area contributed by atoms with E-state index in [0.717, 1.165) is 17.8 Å². The lowest BCUT2D eigenvalue weighted by Gasteiger charge is -2.30. The van der Waals surface area contributed by atoms with Crippen LogP contribution < -0.4 is 0 Å². The largest absolute Gasteiger partial charge is 0.244 e. The molecule has 0 bridgehead atoms. The van der Waals surface area contributed by atoms with Crippen molar-refractivity contribution in [1.29, 1.82) is 0 Å². The highest BCUT2D eigenvalue weighted by molar-refractivity contribution is 4.94. The van der Waals surface area contributed by atoms with Gasteiger partial charge in [0.05, 0.1) is 0 Å². The van der Waals surface area contributed by atoms with Gasteiger partial charge in [0.15, 0.2) is 0 Å². The van der Waals surface area contributed by atoms with Crippen LogP contribution in [0.25, 0.3) is 0 Å². The van der Waals surface area contributed by atoms with Gasteiger partial charge in [0.2, 0.25) is 0 Å². The molecule has 0 aromatic carbocycles. The van der Waals surface area contributed by atoms with E-state index in [9.17, 15) is 8.78 Å². The van der Waals surface area contributed by atoms with Gasteiger partial charge in [0.25, 0.3) is 0 Å². The molecule has 4 unspecified atom stereocenters. The second kappa shape index (κ2) is 5.09. The maximum Gasteiger partial charge on any atom is 0.131 e. The predicted molar refractivity (Wildman–Crippen MR) is 69.9 cm³/mol. The van der Waals surface area contributed by atoms with Crippen molar-refractivity contribution in [2.45, 2.75) is 70.6 Å². The van der Waals surface area contributed by atoms with Gasteiger partial charge in [-0.25, -0.2) is 8.78 Å². The van der Waals surface area contributed by atoms with Gasteiger partial charge in [-0.15, -0.1) is 0 Å². The van der Waals surface area contributed by atoms with Crippen molar-refractivity contribution in [1.82, 2.24) is 0 Å². The summed E-state index contributed by atoms with van der Waals surface area (Å²) in [5.41, 5.74) is 0. The molecule has 3 aliphatic rings. The smallest absolute Gasteiger partial charge is 0.131 e. The van der Waals surface area contributed by atoms with Gasteiger partial charge < -0.3 is 0 Å². The van der Waals surface area contributed by atoms with E-state index in [-0.39, 0.29) is 0 Å².